The van der Waals surface area contributed by atoms with Gasteiger partial charge in [0.1, 0.15) is 5.75 Å². The second-order valence-corrected chi connectivity index (χ2v) is 5.28. The molecule has 1 N–H and O–H groups in total. The first-order chi connectivity index (χ1) is 9.69. The molecule has 0 aromatic heterocycles. The molecule has 0 aliphatic carbocycles. The molecule has 0 spiro atoms. The third kappa shape index (κ3) is 5.41. The molecule has 2 rings (SSSR count). The van der Waals surface area contributed by atoms with Crippen molar-refractivity contribution >= 4 is 12.4 Å². The Bertz CT molecular complexity index is 542. The minimum atomic E-state index is 0. The fourth-order valence-corrected chi connectivity index (χ4v) is 2.38. The van der Waals surface area contributed by atoms with E-state index < -0.39 is 0 Å². The zero-order valence-corrected chi connectivity index (χ0v) is 13.7. The number of rotatable bonds is 6. The zero-order valence-electron chi connectivity index (χ0n) is 12.9. The van der Waals surface area contributed by atoms with Crippen LogP contribution in [0.4, 0.5) is 0 Å². The first-order valence-electron chi connectivity index (χ1n) is 7.10. The van der Waals surface area contributed by atoms with E-state index in [1.807, 2.05) is 6.07 Å². The average molecular weight is 306 g/mol. The van der Waals surface area contributed by atoms with E-state index in [0.717, 1.165) is 18.7 Å². The van der Waals surface area contributed by atoms with Crippen LogP contribution in [0.3, 0.4) is 0 Å². The molecule has 0 fully saturated rings. The number of hydrogen-bond donors (Lipinski definition) is 1. The van der Waals surface area contributed by atoms with Crippen LogP contribution in [0, 0.1) is 6.92 Å². The Morgan fingerprint density at radius 3 is 2.38 bits per heavy atom. The van der Waals surface area contributed by atoms with Gasteiger partial charge in [-0.3, -0.25) is 0 Å². The number of hydrogen-bond acceptors (Lipinski definition) is 2. The summed E-state index contributed by atoms with van der Waals surface area (Å²) in [6.45, 7) is 5.23. The van der Waals surface area contributed by atoms with E-state index in [2.05, 4.69) is 61.6 Å². The van der Waals surface area contributed by atoms with E-state index >= 15 is 0 Å². The minimum absolute atomic E-state index is 0. The third-order valence-electron chi connectivity index (χ3n) is 3.50. The molecule has 114 valence electrons. The normalized spacial score (nSPS) is 11.6. The fourth-order valence-electron chi connectivity index (χ4n) is 2.38. The Morgan fingerprint density at radius 1 is 1.05 bits per heavy atom. The summed E-state index contributed by atoms with van der Waals surface area (Å²) >= 11 is 0. The van der Waals surface area contributed by atoms with Crippen LogP contribution in [0.15, 0.2) is 48.5 Å². The lowest BCUT2D eigenvalue weighted by Gasteiger charge is -2.15. The third-order valence-corrected chi connectivity index (χ3v) is 3.50. The highest BCUT2D eigenvalue weighted by Gasteiger charge is 2.05. The molecular weight excluding hydrogens is 282 g/mol. The lowest BCUT2D eigenvalue weighted by Crippen LogP contribution is -2.27. The van der Waals surface area contributed by atoms with Crippen LogP contribution in [0.5, 0.6) is 5.75 Å². The van der Waals surface area contributed by atoms with Gasteiger partial charge >= 0.3 is 0 Å². The van der Waals surface area contributed by atoms with E-state index in [9.17, 15) is 0 Å². The van der Waals surface area contributed by atoms with Gasteiger partial charge in [-0.05, 0) is 43.0 Å². The van der Waals surface area contributed by atoms with Crippen LogP contribution >= 0.6 is 12.4 Å². The Labute approximate surface area is 133 Å². The van der Waals surface area contributed by atoms with Crippen molar-refractivity contribution in [3.63, 3.8) is 0 Å². The topological polar surface area (TPSA) is 21.3 Å². The quantitative estimate of drug-likeness (QED) is 0.866. The summed E-state index contributed by atoms with van der Waals surface area (Å²) in [5.74, 6) is 0.957. The molecule has 0 bridgehead atoms. The molecular formula is C18H24ClNO. The van der Waals surface area contributed by atoms with Crippen LogP contribution < -0.4 is 10.1 Å². The maximum atomic E-state index is 5.29. The molecule has 0 saturated carbocycles. The largest absolute Gasteiger partial charge is 0.496 e. The van der Waals surface area contributed by atoms with Crippen molar-refractivity contribution in [1.82, 2.24) is 5.32 Å². The van der Waals surface area contributed by atoms with E-state index in [-0.39, 0.29) is 12.4 Å². The highest BCUT2D eigenvalue weighted by Crippen LogP contribution is 2.19. The number of benzene rings is 2. The summed E-state index contributed by atoms with van der Waals surface area (Å²) in [6, 6.07) is 17.4. The van der Waals surface area contributed by atoms with Gasteiger partial charge in [0.2, 0.25) is 0 Å². The molecule has 0 aliphatic heterocycles. The molecule has 1 unspecified atom stereocenters. The molecule has 0 radical (unpaired) electrons. The van der Waals surface area contributed by atoms with Gasteiger partial charge in [-0.15, -0.1) is 12.4 Å². The van der Waals surface area contributed by atoms with Gasteiger partial charge in [0, 0.05) is 12.6 Å². The second kappa shape index (κ2) is 8.71. The van der Waals surface area contributed by atoms with Gasteiger partial charge in [-0.25, -0.2) is 0 Å². The van der Waals surface area contributed by atoms with Gasteiger partial charge in [0.05, 0.1) is 7.11 Å². The van der Waals surface area contributed by atoms with Crippen molar-refractivity contribution in [2.75, 3.05) is 7.11 Å². The maximum absolute atomic E-state index is 5.29. The maximum Gasteiger partial charge on any atom is 0.121 e. The molecule has 2 aromatic carbocycles. The number of aryl methyl sites for hydroxylation is 1. The SMILES string of the molecule is COc1ccc(CC(C)NCc2ccccc2)cc1C.Cl. The molecule has 3 heteroatoms. The van der Waals surface area contributed by atoms with Gasteiger partial charge in [0.15, 0.2) is 0 Å². The average Bonchev–Trinajstić information content (AvgIpc) is 2.46. The van der Waals surface area contributed by atoms with Crippen molar-refractivity contribution in [2.45, 2.75) is 32.9 Å². The molecule has 0 saturated heterocycles. The van der Waals surface area contributed by atoms with Crippen molar-refractivity contribution in [3.05, 3.63) is 65.2 Å². The predicted molar refractivity (Wildman–Crippen MR) is 91.4 cm³/mol. The predicted octanol–water partition coefficient (Wildman–Crippen LogP) is 4.15. The monoisotopic (exact) mass is 305 g/mol. The lowest BCUT2D eigenvalue weighted by atomic mass is 10.0. The van der Waals surface area contributed by atoms with Gasteiger partial charge in [0.25, 0.3) is 0 Å². The Balaban J connectivity index is 0.00000220. The van der Waals surface area contributed by atoms with E-state index in [1.165, 1.54) is 16.7 Å². The smallest absolute Gasteiger partial charge is 0.121 e. The number of ether oxygens (including phenoxy) is 1. The van der Waals surface area contributed by atoms with Crippen LogP contribution in [0.2, 0.25) is 0 Å². The number of methoxy groups -OCH3 is 1. The summed E-state index contributed by atoms with van der Waals surface area (Å²) in [7, 11) is 1.71. The standard InChI is InChI=1S/C18H23NO.ClH/c1-14-11-17(9-10-18(14)20-3)12-15(2)19-13-16-7-5-4-6-8-16;/h4-11,15,19H,12-13H2,1-3H3;1H. The first kappa shape index (κ1) is 17.5. The molecule has 0 amide bonds. The number of halogens is 1. The van der Waals surface area contributed by atoms with Gasteiger partial charge < -0.3 is 10.1 Å². The summed E-state index contributed by atoms with van der Waals surface area (Å²) in [4.78, 5) is 0. The van der Waals surface area contributed by atoms with Crippen LogP contribution in [0.25, 0.3) is 0 Å². The van der Waals surface area contributed by atoms with Crippen LogP contribution in [-0.4, -0.2) is 13.2 Å². The molecule has 1 atom stereocenters. The highest BCUT2D eigenvalue weighted by molar-refractivity contribution is 5.85. The Kier molecular flexibility index (Phi) is 7.27. The Hall–Kier alpha value is -1.51. The molecule has 0 aliphatic rings. The summed E-state index contributed by atoms with van der Waals surface area (Å²) in [5, 5.41) is 3.56. The van der Waals surface area contributed by atoms with Gasteiger partial charge in [-0.1, -0.05) is 42.5 Å². The second-order valence-electron chi connectivity index (χ2n) is 5.28. The molecule has 0 heterocycles. The van der Waals surface area contributed by atoms with Crippen molar-refractivity contribution in [1.29, 1.82) is 0 Å². The lowest BCUT2D eigenvalue weighted by molar-refractivity contribution is 0.411. The van der Waals surface area contributed by atoms with E-state index in [4.69, 9.17) is 4.74 Å². The fraction of sp³-hybridized carbons (Fsp3) is 0.333. The van der Waals surface area contributed by atoms with Crippen LogP contribution in [0.1, 0.15) is 23.6 Å². The summed E-state index contributed by atoms with van der Waals surface area (Å²) in [6.07, 6.45) is 1.03. The zero-order chi connectivity index (χ0) is 14.4. The van der Waals surface area contributed by atoms with Gasteiger partial charge in [-0.2, -0.15) is 0 Å². The van der Waals surface area contributed by atoms with Crippen molar-refractivity contribution in [2.24, 2.45) is 0 Å². The van der Waals surface area contributed by atoms with Crippen molar-refractivity contribution in [3.8, 4) is 5.75 Å². The Morgan fingerprint density at radius 2 is 1.76 bits per heavy atom. The molecule has 2 nitrogen and oxygen atoms in total. The summed E-state index contributed by atoms with van der Waals surface area (Å²) in [5.41, 5.74) is 3.86. The van der Waals surface area contributed by atoms with Crippen molar-refractivity contribution < 1.29 is 4.74 Å². The van der Waals surface area contributed by atoms with Crippen LogP contribution in [-0.2, 0) is 13.0 Å². The summed E-state index contributed by atoms with van der Waals surface area (Å²) < 4.78 is 5.29. The number of nitrogens with one attached hydrogen (secondary N) is 1. The van der Waals surface area contributed by atoms with E-state index in [0.29, 0.717) is 6.04 Å². The molecule has 2 aromatic rings. The minimum Gasteiger partial charge on any atom is -0.496 e. The first-order valence-corrected chi connectivity index (χ1v) is 7.10. The molecule has 21 heavy (non-hydrogen) atoms. The highest BCUT2D eigenvalue weighted by atomic mass is 35.5. The van der Waals surface area contributed by atoms with E-state index in [1.54, 1.807) is 7.11 Å².